The second-order valence-electron chi connectivity index (χ2n) is 9.73. The van der Waals surface area contributed by atoms with Gasteiger partial charge in [0.15, 0.2) is 10.8 Å². The van der Waals surface area contributed by atoms with E-state index < -0.39 is 43.3 Å². The Balaban J connectivity index is 1.67. The highest BCUT2D eigenvalue weighted by Gasteiger charge is 2.49. The summed E-state index contributed by atoms with van der Waals surface area (Å²) >= 11 is 1.27. The van der Waals surface area contributed by atoms with Gasteiger partial charge in [-0.15, -0.1) is 0 Å². The third-order valence-corrected chi connectivity index (χ3v) is 9.35. The number of amidine groups is 1. The molecule has 15 heteroatoms. The molecule has 43 heavy (non-hydrogen) atoms. The number of rotatable bonds is 6. The second-order valence-corrected chi connectivity index (χ2v) is 12.6. The van der Waals surface area contributed by atoms with E-state index in [0.29, 0.717) is 41.7 Å². The minimum Gasteiger partial charge on any atom is -0.353 e. The average Bonchev–Trinajstić information content (AvgIpc) is 3.22. The van der Waals surface area contributed by atoms with Gasteiger partial charge in [0.05, 0.1) is 10.5 Å². The lowest BCUT2D eigenvalue weighted by Crippen LogP contribution is -2.46. The van der Waals surface area contributed by atoms with Crippen molar-refractivity contribution in [2.45, 2.75) is 40.8 Å². The number of halogens is 6. The van der Waals surface area contributed by atoms with E-state index in [1.165, 1.54) is 18.0 Å². The zero-order valence-corrected chi connectivity index (χ0v) is 23.9. The van der Waals surface area contributed by atoms with Crippen molar-refractivity contribution < 1.29 is 34.8 Å². The Morgan fingerprint density at radius 2 is 1.60 bits per heavy atom. The summed E-state index contributed by atoms with van der Waals surface area (Å²) in [5, 5.41) is 9.85. The van der Waals surface area contributed by atoms with Gasteiger partial charge in [0.2, 0.25) is 0 Å². The summed E-state index contributed by atoms with van der Waals surface area (Å²) in [6.07, 6.45) is -2.90. The van der Waals surface area contributed by atoms with Crippen molar-refractivity contribution in [3.63, 3.8) is 0 Å². The third kappa shape index (κ3) is 6.38. The first-order chi connectivity index (χ1) is 20.3. The van der Waals surface area contributed by atoms with Gasteiger partial charge < -0.3 is 16.0 Å². The Labute approximate surface area is 247 Å². The molecule has 3 heterocycles. The van der Waals surface area contributed by atoms with Crippen LogP contribution in [0.1, 0.15) is 29.7 Å². The van der Waals surface area contributed by atoms with E-state index in [1.54, 1.807) is 0 Å². The van der Waals surface area contributed by atoms with Crippen molar-refractivity contribution in [1.82, 2.24) is 15.6 Å². The molecule has 0 fully saturated rings. The number of nitrogens with zero attached hydrogens (tertiary/aromatic N) is 2. The van der Waals surface area contributed by atoms with Crippen LogP contribution in [0.4, 0.5) is 32.0 Å². The smallest absolute Gasteiger partial charge is 0.353 e. The molecule has 2 aromatic carbocycles. The van der Waals surface area contributed by atoms with E-state index in [0.717, 1.165) is 42.0 Å². The highest BCUT2D eigenvalue weighted by molar-refractivity contribution is 8.13. The molecule has 0 radical (unpaired) electrons. The summed E-state index contributed by atoms with van der Waals surface area (Å²) in [6, 6.07) is 15.1. The molecule has 0 aliphatic carbocycles. The van der Waals surface area contributed by atoms with Crippen molar-refractivity contribution in [2.24, 2.45) is 4.99 Å². The molecule has 0 spiro atoms. The van der Waals surface area contributed by atoms with Crippen LogP contribution in [0.15, 0.2) is 94.1 Å². The Hall–Kier alpha value is -3.56. The average molecular weight is 642 g/mol. The first-order valence-corrected chi connectivity index (χ1v) is 15.5. The molecule has 5 rings (SSSR count). The van der Waals surface area contributed by atoms with E-state index in [9.17, 15) is 34.8 Å². The normalized spacial score (nSPS) is 19.6. The van der Waals surface area contributed by atoms with Crippen LogP contribution < -0.4 is 16.0 Å². The quantitative estimate of drug-likeness (QED) is 0.277. The molecule has 0 bridgehead atoms. The van der Waals surface area contributed by atoms with E-state index in [-0.39, 0.29) is 12.1 Å². The van der Waals surface area contributed by atoms with Gasteiger partial charge in [0.1, 0.15) is 5.69 Å². The summed E-state index contributed by atoms with van der Waals surface area (Å²) in [5.41, 5.74) is -6.83. The van der Waals surface area contributed by atoms with Gasteiger partial charge in [-0.3, -0.25) is 4.98 Å². The zero-order chi connectivity index (χ0) is 30.9. The molecule has 1 atom stereocenters. The fourth-order valence-electron chi connectivity index (χ4n) is 4.90. The first-order valence-electron chi connectivity index (χ1n) is 13.0. The monoisotopic (exact) mass is 641 g/mol. The number of aliphatic imine (C=N–C) groups is 1. The van der Waals surface area contributed by atoms with E-state index >= 15 is 0 Å². The molecule has 1 unspecified atom stereocenters. The van der Waals surface area contributed by atoms with Crippen molar-refractivity contribution in [3.8, 4) is 0 Å². The number of sulfone groups is 1. The Kier molecular flexibility index (Phi) is 8.51. The molecular formula is C28H25F6N5O2S2. The van der Waals surface area contributed by atoms with Crippen LogP contribution in [0.3, 0.4) is 0 Å². The highest BCUT2D eigenvalue weighted by atomic mass is 32.2. The highest BCUT2D eigenvalue weighted by Crippen LogP contribution is 2.46. The topological polar surface area (TPSA) is 95.5 Å². The molecule has 0 amide bonds. The van der Waals surface area contributed by atoms with Gasteiger partial charge in [-0.1, -0.05) is 42.1 Å². The summed E-state index contributed by atoms with van der Waals surface area (Å²) in [5.74, 6) is 0.446. The number of anilines is 1. The van der Waals surface area contributed by atoms with Crippen LogP contribution >= 0.6 is 11.8 Å². The van der Waals surface area contributed by atoms with Crippen molar-refractivity contribution >= 4 is 32.5 Å². The minimum atomic E-state index is -5.63. The van der Waals surface area contributed by atoms with Crippen LogP contribution in [0.5, 0.6) is 0 Å². The van der Waals surface area contributed by atoms with Gasteiger partial charge in [0, 0.05) is 41.9 Å². The fraction of sp³-hybridized carbons (Fsp3) is 0.286. The third-order valence-electron chi connectivity index (χ3n) is 6.90. The number of hydrogen-bond acceptors (Lipinski definition) is 8. The maximum atomic E-state index is 14.4. The largest absolute Gasteiger partial charge is 0.501 e. The second kappa shape index (κ2) is 11.8. The SMILES string of the molecule is O=S(=O)(c1ccc(NC2(c3ncccc3C(F)(F)F)N=C(SCc3ccccc3)NC3=C2CCNCC3)cc1)C(F)(F)F. The molecule has 2 aliphatic heterocycles. The first kappa shape index (κ1) is 30.9. The number of pyridine rings is 1. The van der Waals surface area contributed by atoms with E-state index in [2.05, 4.69) is 20.9 Å². The summed E-state index contributed by atoms with van der Waals surface area (Å²) in [4.78, 5) is 7.99. The Bertz CT molecular complexity index is 1640. The van der Waals surface area contributed by atoms with Crippen molar-refractivity contribution in [3.05, 3.63) is 101 Å². The summed E-state index contributed by atoms with van der Waals surface area (Å²) in [7, 11) is -5.63. The lowest BCUT2D eigenvalue weighted by atomic mass is 9.86. The van der Waals surface area contributed by atoms with Gasteiger partial charge >= 0.3 is 11.7 Å². The van der Waals surface area contributed by atoms with Crippen LogP contribution in [0.25, 0.3) is 0 Å². The van der Waals surface area contributed by atoms with Crippen LogP contribution in [-0.2, 0) is 27.4 Å². The number of alkyl halides is 6. The molecule has 1 aromatic heterocycles. The van der Waals surface area contributed by atoms with Crippen LogP contribution in [0.2, 0.25) is 0 Å². The van der Waals surface area contributed by atoms with Crippen molar-refractivity contribution in [2.75, 3.05) is 18.4 Å². The van der Waals surface area contributed by atoms with Crippen molar-refractivity contribution in [1.29, 1.82) is 0 Å². The zero-order valence-electron chi connectivity index (χ0n) is 22.3. The maximum absolute atomic E-state index is 14.4. The van der Waals surface area contributed by atoms with E-state index in [1.807, 2.05) is 30.3 Å². The van der Waals surface area contributed by atoms with E-state index in [4.69, 9.17) is 4.99 Å². The molecule has 0 saturated carbocycles. The van der Waals surface area contributed by atoms with Gasteiger partial charge in [-0.2, -0.15) is 26.3 Å². The number of hydrogen-bond donors (Lipinski definition) is 3. The number of nitrogens with one attached hydrogen (secondary N) is 3. The maximum Gasteiger partial charge on any atom is 0.501 e. The molecule has 0 saturated heterocycles. The predicted octanol–water partition coefficient (Wildman–Crippen LogP) is 6.19. The predicted molar refractivity (Wildman–Crippen MR) is 152 cm³/mol. The molecule has 7 nitrogen and oxygen atoms in total. The van der Waals surface area contributed by atoms with Gasteiger partial charge in [-0.05, 0) is 54.9 Å². The molecule has 3 aromatic rings. The number of benzene rings is 2. The summed E-state index contributed by atoms with van der Waals surface area (Å²) < 4.78 is 107. The Morgan fingerprint density at radius 1 is 0.907 bits per heavy atom. The molecular weight excluding hydrogens is 616 g/mol. The van der Waals surface area contributed by atoms with Crippen LogP contribution in [0, 0.1) is 0 Å². The molecule has 2 aliphatic rings. The van der Waals surface area contributed by atoms with Gasteiger partial charge in [0.25, 0.3) is 9.84 Å². The Morgan fingerprint density at radius 3 is 2.28 bits per heavy atom. The fourth-order valence-corrected chi connectivity index (χ4v) is 6.56. The molecule has 3 N–H and O–H groups in total. The van der Waals surface area contributed by atoms with Gasteiger partial charge in [-0.25, -0.2) is 13.4 Å². The standard InChI is InChI=1S/C28H25F6N5O2S2/c29-27(30,31)22-7-4-14-36-24(22)26(38-19-8-10-20(11-9-19)43(40,41)28(32,33)34)21-12-15-35-16-13-23(21)37-25(39-26)42-17-18-5-2-1-3-6-18/h1-11,14,35,38H,12-13,15-17H2,(H,37,39). The number of thioether (sulfide) groups is 1. The molecule has 228 valence electrons. The lowest BCUT2D eigenvalue weighted by Gasteiger charge is -2.40. The number of aromatic nitrogens is 1. The minimum absolute atomic E-state index is 0.0435. The summed E-state index contributed by atoms with van der Waals surface area (Å²) in [6.45, 7) is 0.958. The van der Waals surface area contributed by atoms with Crippen LogP contribution in [-0.4, -0.2) is 37.2 Å². The lowest BCUT2D eigenvalue weighted by molar-refractivity contribution is -0.139.